The number of carbonyl (C=O) groups excluding carboxylic acids is 2. The van der Waals surface area contributed by atoms with Gasteiger partial charge in [-0.25, -0.2) is 0 Å². The molecule has 2 aromatic rings. The smallest absolute Gasteiger partial charge is 0.310 e. The van der Waals surface area contributed by atoms with Crippen molar-refractivity contribution in [3.8, 4) is 0 Å². The molecule has 1 aliphatic rings. The zero-order valence-corrected chi connectivity index (χ0v) is 17.3. The van der Waals surface area contributed by atoms with Crippen molar-refractivity contribution in [1.82, 2.24) is 10.2 Å². The zero-order chi connectivity index (χ0) is 19.9. The second-order valence-electron chi connectivity index (χ2n) is 7.25. The third-order valence-electron chi connectivity index (χ3n) is 5.04. The summed E-state index contributed by atoms with van der Waals surface area (Å²) < 4.78 is 5.15. The van der Waals surface area contributed by atoms with Crippen LogP contribution in [-0.2, 0) is 14.3 Å². The predicted octanol–water partition coefficient (Wildman–Crippen LogP) is 3.54. The van der Waals surface area contributed by atoms with Crippen LogP contribution in [0.1, 0.15) is 41.8 Å². The van der Waals surface area contributed by atoms with Gasteiger partial charge in [0.05, 0.1) is 25.1 Å². The topological polar surface area (TPSA) is 58.6 Å². The van der Waals surface area contributed by atoms with Crippen LogP contribution >= 0.6 is 11.3 Å². The Bertz CT molecular complexity index is 774. The molecule has 2 unspecified atom stereocenters. The van der Waals surface area contributed by atoms with E-state index in [1.807, 2.05) is 24.4 Å². The van der Waals surface area contributed by atoms with Gasteiger partial charge in [0.1, 0.15) is 0 Å². The standard InChI is InChI=1S/C22H28N2O3S/c1-3-27-22(26)18-6-4-12-24(14-18)15-20(25)23-21(19-7-5-13-28-19)17-10-8-16(2)9-11-17/h5,7-11,13,18,21H,3-4,6,12,14-15H2,1-2H3,(H,23,25). The van der Waals surface area contributed by atoms with Gasteiger partial charge in [-0.05, 0) is 50.2 Å². The normalized spacial score (nSPS) is 18.4. The third-order valence-corrected chi connectivity index (χ3v) is 5.97. The molecule has 1 aromatic heterocycles. The molecular formula is C22H28N2O3S. The van der Waals surface area contributed by atoms with Gasteiger partial charge in [-0.2, -0.15) is 0 Å². The Morgan fingerprint density at radius 2 is 2.07 bits per heavy atom. The van der Waals surface area contributed by atoms with Crippen molar-refractivity contribution in [1.29, 1.82) is 0 Å². The molecule has 150 valence electrons. The fourth-order valence-corrected chi connectivity index (χ4v) is 4.40. The summed E-state index contributed by atoms with van der Waals surface area (Å²) in [5.41, 5.74) is 2.27. The van der Waals surface area contributed by atoms with E-state index in [0.29, 0.717) is 19.7 Å². The van der Waals surface area contributed by atoms with E-state index in [0.717, 1.165) is 29.8 Å². The molecule has 1 amide bonds. The first-order chi connectivity index (χ1) is 13.6. The molecule has 0 radical (unpaired) electrons. The molecule has 1 saturated heterocycles. The minimum atomic E-state index is -0.154. The Balaban J connectivity index is 1.64. The van der Waals surface area contributed by atoms with Crippen LogP contribution in [-0.4, -0.2) is 43.0 Å². The molecule has 1 aromatic carbocycles. The number of carbonyl (C=O) groups is 2. The average Bonchev–Trinajstić information content (AvgIpc) is 3.22. The molecule has 6 heteroatoms. The van der Waals surface area contributed by atoms with Crippen LogP contribution in [0.25, 0.3) is 0 Å². The van der Waals surface area contributed by atoms with Crippen LogP contribution in [0.3, 0.4) is 0 Å². The average molecular weight is 401 g/mol. The molecule has 1 N–H and O–H groups in total. The lowest BCUT2D eigenvalue weighted by Crippen LogP contribution is -2.45. The van der Waals surface area contributed by atoms with Gasteiger partial charge in [-0.1, -0.05) is 35.9 Å². The number of aryl methyl sites for hydroxylation is 1. The molecular weight excluding hydrogens is 372 g/mol. The Hall–Kier alpha value is -2.18. The SMILES string of the molecule is CCOC(=O)C1CCCN(CC(=O)NC(c2ccc(C)cc2)c2cccs2)C1. The lowest BCUT2D eigenvalue weighted by molar-refractivity contribution is -0.150. The zero-order valence-electron chi connectivity index (χ0n) is 16.5. The van der Waals surface area contributed by atoms with E-state index >= 15 is 0 Å². The van der Waals surface area contributed by atoms with Crippen LogP contribution in [0.5, 0.6) is 0 Å². The summed E-state index contributed by atoms with van der Waals surface area (Å²) in [6.07, 6.45) is 1.74. The highest BCUT2D eigenvalue weighted by atomic mass is 32.1. The molecule has 0 saturated carbocycles. The maximum atomic E-state index is 12.8. The highest BCUT2D eigenvalue weighted by molar-refractivity contribution is 7.10. The number of amides is 1. The third kappa shape index (κ3) is 5.42. The molecule has 2 atom stereocenters. The van der Waals surface area contributed by atoms with Crippen molar-refractivity contribution >= 4 is 23.2 Å². The Kier molecular flexibility index (Phi) is 7.23. The Morgan fingerprint density at radius 3 is 2.75 bits per heavy atom. The molecule has 1 aliphatic heterocycles. The van der Waals surface area contributed by atoms with Gasteiger partial charge >= 0.3 is 5.97 Å². The maximum absolute atomic E-state index is 12.8. The van der Waals surface area contributed by atoms with Gasteiger partial charge < -0.3 is 10.1 Å². The number of piperidine rings is 1. The van der Waals surface area contributed by atoms with E-state index in [4.69, 9.17) is 4.74 Å². The van der Waals surface area contributed by atoms with Gasteiger partial charge in [0.15, 0.2) is 0 Å². The summed E-state index contributed by atoms with van der Waals surface area (Å²) in [6.45, 7) is 5.98. The largest absolute Gasteiger partial charge is 0.466 e. The number of hydrogen-bond donors (Lipinski definition) is 1. The molecule has 28 heavy (non-hydrogen) atoms. The monoisotopic (exact) mass is 400 g/mol. The summed E-state index contributed by atoms with van der Waals surface area (Å²) >= 11 is 1.64. The van der Waals surface area contributed by atoms with Crippen LogP contribution in [0.4, 0.5) is 0 Å². The van der Waals surface area contributed by atoms with Gasteiger partial charge in [0, 0.05) is 11.4 Å². The number of nitrogens with zero attached hydrogens (tertiary/aromatic N) is 1. The number of hydrogen-bond acceptors (Lipinski definition) is 5. The van der Waals surface area contributed by atoms with E-state index in [9.17, 15) is 9.59 Å². The van der Waals surface area contributed by atoms with Gasteiger partial charge in [0.25, 0.3) is 0 Å². The summed E-state index contributed by atoms with van der Waals surface area (Å²) in [4.78, 5) is 28.0. The first kappa shape index (κ1) is 20.6. The summed E-state index contributed by atoms with van der Waals surface area (Å²) in [5.74, 6) is -0.307. The van der Waals surface area contributed by atoms with Crippen LogP contribution in [0.2, 0.25) is 0 Å². The van der Waals surface area contributed by atoms with Crippen LogP contribution in [0, 0.1) is 12.8 Å². The first-order valence-electron chi connectivity index (χ1n) is 9.85. The van der Waals surface area contributed by atoms with Crippen molar-refractivity contribution in [2.24, 2.45) is 5.92 Å². The first-order valence-corrected chi connectivity index (χ1v) is 10.7. The van der Waals surface area contributed by atoms with Gasteiger partial charge in [-0.15, -0.1) is 11.3 Å². The highest BCUT2D eigenvalue weighted by Crippen LogP contribution is 2.26. The number of benzene rings is 1. The summed E-state index contributed by atoms with van der Waals surface area (Å²) in [7, 11) is 0. The molecule has 3 rings (SSSR count). The van der Waals surface area contributed by atoms with Crippen LogP contribution < -0.4 is 5.32 Å². The van der Waals surface area contributed by atoms with E-state index in [1.165, 1.54) is 5.56 Å². The molecule has 0 aliphatic carbocycles. The molecule has 0 spiro atoms. The highest BCUT2D eigenvalue weighted by Gasteiger charge is 2.28. The molecule has 0 bridgehead atoms. The second-order valence-corrected chi connectivity index (χ2v) is 8.23. The van der Waals surface area contributed by atoms with E-state index in [1.54, 1.807) is 11.3 Å². The number of esters is 1. The fourth-order valence-electron chi connectivity index (χ4n) is 3.59. The quantitative estimate of drug-likeness (QED) is 0.723. The predicted molar refractivity (Wildman–Crippen MR) is 111 cm³/mol. The van der Waals surface area contributed by atoms with Crippen molar-refractivity contribution < 1.29 is 14.3 Å². The molecule has 2 heterocycles. The van der Waals surface area contributed by atoms with Crippen LogP contribution in [0.15, 0.2) is 41.8 Å². The lowest BCUT2D eigenvalue weighted by Gasteiger charge is -2.31. The number of thiophene rings is 1. The lowest BCUT2D eigenvalue weighted by atomic mass is 9.98. The number of nitrogens with one attached hydrogen (secondary N) is 1. The minimum absolute atomic E-state index is 0.0246. The van der Waals surface area contributed by atoms with E-state index in [2.05, 4.69) is 41.4 Å². The van der Waals surface area contributed by atoms with E-state index < -0.39 is 0 Å². The Morgan fingerprint density at radius 1 is 1.29 bits per heavy atom. The van der Waals surface area contributed by atoms with Gasteiger partial charge in [-0.3, -0.25) is 14.5 Å². The maximum Gasteiger partial charge on any atom is 0.310 e. The Labute approximate surface area is 170 Å². The fraction of sp³-hybridized carbons (Fsp3) is 0.455. The number of ether oxygens (including phenoxy) is 1. The van der Waals surface area contributed by atoms with Crippen molar-refractivity contribution in [2.75, 3.05) is 26.2 Å². The second kappa shape index (κ2) is 9.85. The molecule has 1 fully saturated rings. The summed E-state index contributed by atoms with van der Waals surface area (Å²) in [6, 6.07) is 12.2. The van der Waals surface area contributed by atoms with E-state index in [-0.39, 0.29) is 23.8 Å². The van der Waals surface area contributed by atoms with Crippen molar-refractivity contribution in [3.63, 3.8) is 0 Å². The molecule has 5 nitrogen and oxygen atoms in total. The minimum Gasteiger partial charge on any atom is -0.466 e. The van der Waals surface area contributed by atoms with Crippen molar-refractivity contribution in [2.45, 2.75) is 32.7 Å². The van der Waals surface area contributed by atoms with Crippen molar-refractivity contribution in [3.05, 3.63) is 57.8 Å². The van der Waals surface area contributed by atoms with Gasteiger partial charge in [0.2, 0.25) is 5.91 Å². The summed E-state index contributed by atoms with van der Waals surface area (Å²) in [5, 5.41) is 5.21. The number of likely N-dealkylation sites (tertiary alicyclic amines) is 1. The number of rotatable bonds is 7.